The third-order valence-electron chi connectivity index (χ3n) is 4.48. The lowest BCUT2D eigenvalue weighted by atomic mass is 9.92. The summed E-state index contributed by atoms with van der Waals surface area (Å²) in [6.45, 7) is 4.59. The molecule has 3 nitrogen and oxygen atoms in total. The van der Waals surface area contributed by atoms with Crippen LogP contribution in [0.5, 0.6) is 0 Å². The van der Waals surface area contributed by atoms with E-state index in [1.807, 2.05) is 24.5 Å². The molecule has 106 valence electrons. The third kappa shape index (κ3) is 2.45. The summed E-state index contributed by atoms with van der Waals surface area (Å²) in [7, 11) is 0. The van der Waals surface area contributed by atoms with Crippen molar-refractivity contribution >= 4 is 22.1 Å². The van der Waals surface area contributed by atoms with Gasteiger partial charge in [0.2, 0.25) is 0 Å². The monoisotopic (exact) mass is 269 g/mol. The summed E-state index contributed by atoms with van der Waals surface area (Å²) >= 11 is 0. The molecule has 2 heterocycles. The van der Waals surface area contributed by atoms with Crippen molar-refractivity contribution in [1.29, 1.82) is 0 Å². The topological polar surface area (TPSA) is 42.1 Å². The van der Waals surface area contributed by atoms with Crippen LogP contribution in [0, 0.1) is 5.92 Å². The number of hydrogen-bond acceptors (Lipinski definition) is 3. The first kappa shape index (κ1) is 13.2. The van der Waals surface area contributed by atoms with Gasteiger partial charge in [0, 0.05) is 47.6 Å². The Hall–Kier alpha value is -1.77. The van der Waals surface area contributed by atoms with Crippen LogP contribution in [-0.2, 0) is 0 Å². The molecule has 2 aromatic rings. The van der Waals surface area contributed by atoms with E-state index in [1.54, 1.807) is 0 Å². The number of fused-ring (bicyclic) bond motifs is 1. The van der Waals surface area contributed by atoms with Gasteiger partial charge in [-0.25, -0.2) is 0 Å². The second-order valence-electron chi connectivity index (χ2n) is 5.81. The number of benzene rings is 1. The third-order valence-corrected chi connectivity index (χ3v) is 4.48. The average Bonchev–Trinajstić information content (AvgIpc) is 2.49. The second kappa shape index (κ2) is 5.70. The first-order valence-electron chi connectivity index (χ1n) is 7.66. The molecule has 20 heavy (non-hydrogen) atoms. The lowest BCUT2D eigenvalue weighted by Gasteiger charge is -2.34. The summed E-state index contributed by atoms with van der Waals surface area (Å²) in [5, 5.41) is 2.30. The van der Waals surface area contributed by atoms with Crippen molar-refractivity contribution in [2.45, 2.75) is 32.6 Å². The summed E-state index contributed by atoms with van der Waals surface area (Å²) in [6, 6.07) is 6.19. The average molecular weight is 269 g/mol. The maximum Gasteiger partial charge on any atom is 0.0463 e. The first-order chi connectivity index (χ1) is 9.79. The lowest BCUT2D eigenvalue weighted by molar-refractivity contribution is 0.379. The van der Waals surface area contributed by atoms with E-state index in [9.17, 15) is 0 Å². The van der Waals surface area contributed by atoms with Gasteiger partial charge >= 0.3 is 0 Å². The van der Waals surface area contributed by atoms with Crippen LogP contribution in [0.2, 0.25) is 0 Å². The minimum absolute atomic E-state index is 0.840. The van der Waals surface area contributed by atoms with Crippen LogP contribution in [0.1, 0.15) is 32.6 Å². The number of piperidine rings is 1. The van der Waals surface area contributed by atoms with E-state index in [0.717, 1.165) is 30.1 Å². The number of nitrogens with zero attached hydrogens (tertiary/aromatic N) is 2. The van der Waals surface area contributed by atoms with Gasteiger partial charge in [-0.1, -0.05) is 19.8 Å². The van der Waals surface area contributed by atoms with Crippen LogP contribution in [-0.4, -0.2) is 18.1 Å². The Kier molecular flexibility index (Phi) is 3.77. The lowest BCUT2D eigenvalue weighted by Crippen LogP contribution is -2.33. The van der Waals surface area contributed by atoms with Gasteiger partial charge in [-0.3, -0.25) is 4.98 Å². The van der Waals surface area contributed by atoms with Gasteiger partial charge in [-0.05, 0) is 37.0 Å². The normalized spacial score (nSPS) is 16.8. The van der Waals surface area contributed by atoms with Crippen molar-refractivity contribution in [3.63, 3.8) is 0 Å². The smallest absolute Gasteiger partial charge is 0.0463 e. The van der Waals surface area contributed by atoms with Crippen molar-refractivity contribution in [3.05, 3.63) is 30.6 Å². The molecule has 2 N–H and O–H groups in total. The molecule has 1 aliphatic heterocycles. The minimum Gasteiger partial charge on any atom is -0.398 e. The Morgan fingerprint density at radius 2 is 2.00 bits per heavy atom. The molecule has 1 aliphatic rings. The van der Waals surface area contributed by atoms with Crippen molar-refractivity contribution < 1.29 is 0 Å². The summed E-state index contributed by atoms with van der Waals surface area (Å²) in [4.78, 5) is 6.77. The number of nitrogens with two attached hydrogens (primary N) is 1. The number of aromatic nitrogens is 1. The molecule has 0 amide bonds. The number of hydrogen-bond donors (Lipinski definition) is 1. The van der Waals surface area contributed by atoms with E-state index in [-0.39, 0.29) is 0 Å². The van der Waals surface area contributed by atoms with Crippen molar-refractivity contribution in [3.8, 4) is 0 Å². The SMILES string of the molecule is CCCC1CCN(c2ccc(N)c3ccncc23)CC1. The maximum atomic E-state index is 6.07. The van der Waals surface area contributed by atoms with Crippen molar-refractivity contribution in [1.82, 2.24) is 4.98 Å². The van der Waals surface area contributed by atoms with Gasteiger partial charge in [0.15, 0.2) is 0 Å². The Balaban J connectivity index is 1.87. The van der Waals surface area contributed by atoms with Crippen LogP contribution in [0.4, 0.5) is 11.4 Å². The number of rotatable bonds is 3. The van der Waals surface area contributed by atoms with Gasteiger partial charge in [0.25, 0.3) is 0 Å². The summed E-state index contributed by atoms with van der Waals surface area (Å²) in [5.74, 6) is 0.912. The van der Waals surface area contributed by atoms with Gasteiger partial charge in [-0.15, -0.1) is 0 Å². The molecule has 0 unspecified atom stereocenters. The van der Waals surface area contributed by atoms with Gasteiger partial charge in [0.1, 0.15) is 0 Å². The fourth-order valence-corrected chi connectivity index (χ4v) is 3.35. The molecule has 1 fully saturated rings. The zero-order valence-electron chi connectivity index (χ0n) is 12.2. The van der Waals surface area contributed by atoms with Gasteiger partial charge in [-0.2, -0.15) is 0 Å². The Bertz CT molecular complexity index is 586. The maximum absolute atomic E-state index is 6.07. The van der Waals surface area contributed by atoms with E-state index in [1.165, 1.54) is 36.8 Å². The van der Waals surface area contributed by atoms with E-state index in [2.05, 4.69) is 22.9 Å². The highest BCUT2D eigenvalue weighted by molar-refractivity contribution is 6.00. The second-order valence-corrected chi connectivity index (χ2v) is 5.81. The molecule has 0 saturated carbocycles. The Labute approximate surface area is 120 Å². The Morgan fingerprint density at radius 1 is 1.20 bits per heavy atom. The molecule has 1 aromatic heterocycles. The zero-order chi connectivity index (χ0) is 13.9. The molecule has 3 rings (SSSR count). The van der Waals surface area contributed by atoms with Crippen molar-refractivity contribution in [2.24, 2.45) is 5.92 Å². The molecular weight excluding hydrogens is 246 g/mol. The van der Waals surface area contributed by atoms with E-state index in [4.69, 9.17) is 5.73 Å². The fraction of sp³-hybridized carbons (Fsp3) is 0.471. The van der Waals surface area contributed by atoms with Crippen LogP contribution < -0.4 is 10.6 Å². The molecule has 1 saturated heterocycles. The van der Waals surface area contributed by atoms with E-state index in [0.29, 0.717) is 0 Å². The van der Waals surface area contributed by atoms with Gasteiger partial charge in [0.05, 0.1) is 0 Å². The molecule has 0 atom stereocenters. The summed E-state index contributed by atoms with van der Waals surface area (Å²) in [5.41, 5.74) is 8.20. The predicted octanol–water partition coefficient (Wildman–Crippen LogP) is 3.83. The molecule has 0 aliphatic carbocycles. The zero-order valence-corrected chi connectivity index (χ0v) is 12.2. The number of anilines is 2. The van der Waals surface area contributed by atoms with E-state index >= 15 is 0 Å². The van der Waals surface area contributed by atoms with E-state index < -0.39 is 0 Å². The standard InChI is InChI=1S/C17H23N3/c1-2-3-13-7-10-20(11-8-13)17-5-4-16(18)14-6-9-19-12-15(14)17/h4-6,9,12-13H,2-3,7-8,10-11,18H2,1H3. The highest BCUT2D eigenvalue weighted by Crippen LogP contribution is 2.33. The quantitative estimate of drug-likeness (QED) is 0.861. The summed E-state index contributed by atoms with van der Waals surface area (Å²) < 4.78 is 0. The predicted molar refractivity (Wildman–Crippen MR) is 86.0 cm³/mol. The van der Waals surface area contributed by atoms with Crippen molar-refractivity contribution in [2.75, 3.05) is 23.7 Å². The minimum atomic E-state index is 0.840. The highest BCUT2D eigenvalue weighted by atomic mass is 15.1. The molecule has 0 spiro atoms. The molecule has 0 radical (unpaired) electrons. The Morgan fingerprint density at radius 3 is 2.75 bits per heavy atom. The molecule has 0 bridgehead atoms. The van der Waals surface area contributed by atoms with Gasteiger partial charge < -0.3 is 10.6 Å². The fourth-order valence-electron chi connectivity index (χ4n) is 3.35. The largest absolute Gasteiger partial charge is 0.398 e. The number of pyridine rings is 1. The van der Waals surface area contributed by atoms with Crippen LogP contribution in [0.3, 0.4) is 0 Å². The molecule has 3 heteroatoms. The van der Waals surface area contributed by atoms with Crippen LogP contribution in [0.15, 0.2) is 30.6 Å². The first-order valence-corrected chi connectivity index (χ1v) is 7.66. The highest BCUT2D eigenvalue weighted by Gasteiger charge is 2.20. The van der Waals surface area contributed by atoms with Crippen LogP contribution in [0.25, 0.3) is 10.8 Å². The number of nitrogen functional groups attached to an aromatic ring is 1. The molecular formula is C17H23N3. The summed E-state index contributed by atoms with van der Waals surface area (Å²) in [6.07, 6.45) is 9.05. The van der Waals surface area contributed by atoms with Crippen LogP contribution >= 0.6 is 0 Å². The molecule has 1 aromatic carbocycles.